The monoisotopic (exact) mass is 498 g/mol. The zero-order chi connectivity index (χ0) is 19.2. The second kappa shape index (κ2) is 10.4. The summed E-state index contributed by atoms with van der Waals surface area (Å²) in [4.78, 5) is 20.7. The maximum atomic E-state index is 12.6. The Morgan fingerprint density at radius 1 is 1.32 bits per heavy atom. The number of piperazine rings is 1. The van der Waals surface area contributed by atoms with E-state index in [0.717, 1.165) is 11.3 Å². The van der Waals surface area contributed by atoms with Crippen LogP contribution in [0, 0.1) is 0 Å². The second-order valence-electron chi connectivity index (χ2n) is 6.40. The van der Waals surface area contributed by atoms with Crippen molar-refractivity contribution in [2.75, 3.05) is 45.2 Å². The number of carbonyl (C=O) groups is 1. The van der Waals surface area contributed by atoms with Crippen molar-refractivity contribution < 1.29 is 9.53 Å². The van der Waals surface area contributed by atoms with Crippen molar-refractivity contribution in [1.82, 2.24) is 20.0 Å². The van der Waals surface area contributed by atoms with E-state index in [-0.39, 0.29) is 42.5 Å². The van der Waals surface area contributed by atoms with Gasteiger partial charge in [0, 0.05) is 47.0 Å². The molecule has 152 valence electrons. The van der Waals surface area contributed by atoms with Crippen molar-refractivity contribution in [2.45, 2.75) is 6.10 Å². The molecule has 0 spiro atoms. The molecule has 1 aliphatic rings. The van der Waals surface area contributed by atoms with Gasteiger partial charge in [0.1, 0.15) is 6.54 Å². The molecule has 1 amide bonds. The SMILES string of the molecule is CN=C(NCC(OC)c1ccccc1)N1CCN(c2cnn(C)c2)C(=O)C1.I. The molecule has 0 saturated carbocycles. The Hall–Kier alpha value is -2.14. The van der Waals surface area contributed by atoms with E-state index in [1.165, 1.54) is 0 Å². The molecule has 8 nitrogen and oxygen atoms in total. The molecule has 1 unspecified atom stereocenters. The molecule has 1 aromatic heterocycles. The van der Waals surface area contributed by atoms with E-state index < -0.39 is 0 Å². The van der Waals surface area contributed by atoms with Crippen LogP contribution in [0.2, 0.25) is 0 Å². The molecular formula is C19H27IN6O2. The minimum absolute atomic E-state index is 0. The van der Waals surface area contributed by atoms with Crippen molar-refractivity contribution in [2.24, 2.45) is 12.0 Å². The lowest BCUT2D eigenvalue weighted by Crippen LogP contribution is -2.55. The standard InChI is InChI=1S/C19H26N6O2.HI/c1-20-19(21-12-17(27-3)15-7-5-4-6-8-15)24-9-10-25(18(26)14-24)16-11-22-23(2)13-16;/h4-8,11,13,17H,9-10,12,14H2,1-3H3,(H,20,21);1H. The summed E-state index contributed by atoms with van der Waals surface area (Å²) in [5.74, 6) is 0.732. The third-order valence-electron chi connectivity index (χ3n) is 4.64. The van der Waals surface area contributed by atoms with Gasteiger partial charge in [0.15, 0.2) is 5.96 Å². The maximum absolute atomic E-state index is 12.6. The van der Waals surface area contributed by atoms with Gasteiger partial charge in [0.25, 0.3) is 0 Å². The Morgan fingerprint density at radius 2 is 2.07 bits per heavy atom. The van der Waals surface area contributed by atoms with Crippen LogP contribution in [-0.2, 0) is 16.6 Å². The van der Waals surface area contributed by atoms with Crippen LogP contribution in [0.5, 0.6) is 0 Å². The van der Waals surface area contributed by atoms with Gasteiger partial charge in [0.05, 0.1) is 18.0 Å². The lowest BCUT2D eigenvalue weighted by molar-refractivity contribution is -0.120. The van der Waals surface area contributed by atoms with E-state index in [4.69, 9.17) is 4.74 Å². The van der Waals surface area contributed by atoms with Gasteiger partial charge in [-0.25, -0.2) is 0 Å². The third-order valence-corrected chi connectivity index (χ3v) is 4.64. The molecule has 1 fully saturated rings. The minimum atomic E-state index is -0.0877. The average molecular weight is 498 g/mol. The van der Waals surface area contributed by atoms with Crippen LogP contribution in [-0.4, -0.2) is 66.9 Å². The summed E-state index contributed by atoms with van der Waals surface area (Å²) >= 11 is 0. The van der Waals surface area contributed by atoms with Crippen molar-refractivity contribution in [3.05, 3.63) is 48.3 Å². The van der Waals surface area contributed by atoms with Gasteiger partial charge in [-0.15, -0.1) is 24.0 Å². The summed E-state index contributed by atoms with van der Waals surface area (Å²) < 4.78 is 7.29. The number of hydrogen-bond acceptors (Lipinski definition) is 4. The summed E-state index contributed by atoms with van der Waals surface area (Å²) in [6.45, 7) is 2.14. The second-order valence-corrected chi connectivity index (χ2v) is 6.40. The number of aromatic nitrogens is 2. The lowest BCUT2D eigenvalue weighted by Gasteiger charge is -2.35. The fraction of sp³-hybridized carbons (Fsp3) is 0.421. The molecule has 28 heavy (non-hydrogen) atoms. The number of amides is 1. The first-order valence-electron chi connectivity index (χ1n) is 8.94. The highest BCUT2D eigenvalue weighted by Crippen LogP contribution is 2.17. The Labute approximate surface area is 182 Å². The van der Waals surface area contributed by atoms with Gasteiger partial charge < -0.3 is 19.9 Å². The number of carbonyl (C=O) groups excluding carboxylic acids is 1. The average Bonchev–Trinajstić information content (AvgIpc) is 3.12. The molecule has 1 aliphatic heterocycles. The fourth-order valence-corrected chi connectivity index (χ4v) is 3.20. The van der Waals surface area contributed by atoms with Crippen LogP contribution in [0.3, 0.4) is 0 Å². The van der Waals surface area contributed by atoms with Gasteiger partial charge in [0.2, 0.25) is 5.91 Å². The summed E-state index contributed by atoms with van der Waals surface area (Å²) in [5, 5.41) is 7.47. The number of methoxy groups -OCH3 is 1. The predicted molar refractivity (Wildman–Crippen MR) is 120 cm³/mol. The quantitative estimate of drug-likeness (QED) is 0.386. The van der Waals surface area contributed by atoms with Gasteiger partial charge in [-0.3, -0.25) is 14.5 Å². The molecule has 2 aromatic rings. The fourth-order valence-electron chi connectivity index (χ4n) is 3.20. The molecule has 0 aliphatic carbocycles. The number of aliphatic imine (C=N–C) groups is 1. The Balaban J connectivity index is 0.00000280. The number of nitrogens with zero attached hydrogens (tertiary/aromatic N) is 5. The van der Waals surface area contributed by atoms with Gasteiger partial charge >= 0.3 is 0 Å². The molecule has 0 radical (unpaired) electrons. The van der Waals surface area contributed by atoms with E-state index in [2.05, 4.69) is 15.4 Å². The molecular weight excluding hydrogens is 471 g/mol. The van der Waals surface area contributed by atoms with Crippen molar-refractivity contribution in [3.8, 4) is 0 Å². The van der Waals surface area contributed by atoms with E-state index in [1.807, 2.05) is 48.5 Å². The van der Waals surface area contributed by atoms with E-state index in [9.17, 15) is 4.79 Å². The Kier molecular flexibility index (Phi) is 8.24. The number of ether oxygens (including phenoxy) is 1. The van der Waals surface area contributed by atoms with E-state index in [1.54, 1.807) is 29.9 Å². The predicted octanol–water partition coefficient (Wildman–Crippen LogP) is 1.65. The van der Waals surface area contributed by atoms with Crippen LogP contribution < -0.4 is 10.2 Å². The molecule has 1 saturated heterocycles. The van der Waals surface area contributed by atoms with Crippen LogP contribution in [0.15, 0.2) is 47.7 Å². The number of benzene rings is 1. The zero-order valence-electron chi connectivity index (χ0n) is 16.4. The number of halogens is 1. The summed E-state index contributed by atoms with van der Waals surface area (Å²) in [6, 6.07) is 10.0. The molecule has 0 bridgehead atoms. The molecule has 2 heterocycles. The molecule has 1 atom stereocenters. The highest BCUT2D eigenvalue weighted by atomic mass is 127. The number of hydrogen-bond donors (Lipinski definition) is 1. The maximum Gasteiger partial charge on any atom is 0.246 e. The minimum Gasteiger partial charge on any atom is -0.375 e. The first kappa shape index (κ1) is 22.2. The lowest BCUT2D eigenvalue weighted by atomic mass is 10.1. The normalized spacial score (nSPS) is 16.0. The summed E-state index contributed by atoms with van der Waals surface area (Å²) in [7, 11) is 5.26. The van der Waals surface area contributed by atoms with Crippen molar-refractivity contribution >= 4 is 41.5 Å². The number of aryl methyl sites for hydroxylation is 1. The highest BCUT2D eigenvalue weighted by molar-refractivity contribution is 14.0. The Bertz CT molecular complexity index is 795. The van der Waals surface area contributed by atoms with Crippen LogP contribution in [0.4, 0.5) is 5.69 Å². The zero-order valence-corrected chi connectivity index (χ0v) is 18.7. The van der Waals surface area contributed by atoms with Crippen LogP contribution in [0.1, 0.15) is 11.7 Å². The summed E-state index contributed by atoms with van der Waals surface area (Å²) in [6.07, 6.45) is 3.48. The number of guanidine groups is 1. The van der Waals surface area contributed by atoms with Gasteiger partial charge in [-0.1, -0.05) is 30.3 Å². The number of rotatable bonds is 5. The molecule has 9 heteroatoms. The smallest absolute Gasteiger partial charge is 0.246 e. The number of anilines is 1. The van der Waals surface area contributed by atoms with Gasteiger partial charge in [-0.2, -0.15) is 5.10 Å². The molecule has 1 N–H and O–H groups in total. The first-order chi connectivity index (χ1) is 13.1. The van der Waals surface area contributed by atoms with Crippen molar-refractivity contribution in [3.63, 3.8) is 0 Å². The molecule has 3 rings (SSSR count). The topological polar surface area (TPSA) is 75.0 Å². The van der Waals surface area contributed by atoms with E-state index >= 15 is 0 Å². The number of nitrogens with one attached hydrogen (secondary N) is 1. The van der Waals surface area contributed by atoms with Gasteiger partial charge in [-0.05, 0) is 5.56 Å². The largest absolute Gasteiger partial charge is 0.375 e. The first-order valence-corrected chi connectivity index (χ1v) is 8.94. The van der Waals surface area contributed by atoms with Crippen LogP contribution in [0.25, 0.3) is 0 Å². The van der Waals surface area contributed by atoms with Crippen LogP contribution >= 0.6 is 24.0 Å². The van der Waals surface area contributed by atoms with E-state index in [0.29, 0.717) is 25.6 Å². The summed E-state index contributed by atoms with van der Waals surface area (Å²) in [5.41, 5.74) is 1.93. The Morgan fingerprint density at radius 3 is 2.64 bits per heavy atom. The van der Waals surface area contributed by atoms with Crippen molar-refractivity contribution in [1.29, 1.82) is 0 Å². The molecule has 1 aromatic carbocycles. The third kappa shape index (κ3) is 5.22. The highest BCUT2D eigenvalue weighted by Gasteiger charge is 2.28.